The van der Waals surface area contributed by atoms with E-state index < -0.39 is 0 Å². The first-order valence-corrected chi connectivity index (χ1v) is 19.6. The molecule has 0 spiro atoms. The summed E-state index contributed by atoms with van der Waals surface area (Å²) < 4.78 is 6.54. The van der Waals surface area contributed by atoms with Crippen LogP contribution >= 0.6 is 0 Å². The van der Waals surface area contributed by atoms with Crippen molar-refractivity contribution in [2.45, 2.75) is 0 Å². The predicted octanol–water partition coefficient (Wildman–Crippen LogP) is 14.8. The Morgan fingerprint density at radius 1 is 0.362 bits per heavy atom. The van der Waals surface area contributed by atoms with Gasteiger partial charge in [-0.15, -0.1) is 0 Å². The van der Waals surface area contributed by atoms with Crippen LogP contribution in [0.5, 0.6) is 0 Å². The standard InChI is InChI=1S/C54H35N3O/c1-5-14-37(15-6-1)45-22-13-23-49-51(45)46-32-31-44(35-50(46)58-49)57(42-20-11-4-12-21-42)43-29-26-36(27-30-43)41-25-24-38-28-33-48-54(47(38)34-41)56-53(40-18-9-3-10-19-40)52(55-48)39-16-7-2-8-17-39/h1-35H. The van der Waals surface area contributed by atoms with E-state index in [4.69, 9.17) is 14.4 Å². The molecular weight excluding hydrogens is 707 g/mol. The topological polar surface area (TPSA) is 42.2 Å². The molecule has 11 aromatic rings. The smallest absolute Gasteiger partial charge is 0.137 e. The zero-order valence-electron chi connectivity index (χ0n) is 31.5. The zero-order chi connectivity index (χ0) is 38.4. The molecule has 4 heteroatoms. The van der Waals surface area contributed by atoms with E-state index in [0.717, 1.165) is 94.4 Å². The van der Waals surface area contributed by atoms with Crippen LogP contribution in [0.2, 0.25) is 0 Å². The van der Waals surface area contributed by atoms with Crippen LogP contribution in [0, 0.1) is 0 Å². The van der Waals surface area contributed by atoms with Crippen LogP contribution in [0.4, 0.5) is 17.1 Å². The summed E-state index contributed by atoms with van der Waals surface area (Å²) in [4.78, 5) is 12.9. The van der Waals surface area contributed by atoms with Crippen molar-refractivity contribution in [3.63, 3.8) is 0 Å². The Balaban J connectivity index is 0.997. The van der Waals surface area contributed by atoms with Gasteiger partial charge in [-0.3, -0.25) is 0 Å². The quantitative estimate of drug-likeness (QED) is 0.153. The average Bonchev–Trinajstić information content (AvgIpc) is 3.68. The SMILES string of the molecule is c1ccc(-c2nc3ccc4ccc(-c5ccc(N(c6ccccc6)c6ccc7c(c6)oc6cccc(-c8ccccc8)c67)cc5)cc4c3nc2-c2ccccc2)cc1. The molecule has 0 radical (unpaired) electrons. The fourth-order valence-corrected chi connectivity index (χ4v) is 8.25. The molecule has 0 fully saturated rings. The molecule has 0 bridgehead atoms. The van der Waals surface area contributed by atoms with Crippen molar-refractivity contribution in [2.24, 2.45) is 0 Å². The molecule has 2 heterocycles. The van der Waals surface area contributed by atoms with E-state index in [-0.39, 0.29) is 0 Å². The fraction of sp³-hybridized carbons (Fsp3) is 0. The van der Waals surface area contributed by atoms with Crippen LogP contribution in [0.3, 0.4) is 0 Å². The first-order valence-electron chi connectivity index (χ1n) is 19.6. The lowest BCUT2D eigenvalue weighted by atomic mass is 9.98. The lowest BCUT2D eigenvalue weighted by Crippen LogP contribution is -2.09. The largest absolute Gasteiger partial charge is 0.456 e. The zero-order valence-corrected chi connectivity index (χ0v) is 31.5. The normalized spacial score (nSPS) is 11.4. The predicted molar refractivity (Wildman–Crippen MR) is 241 cm³/mol. The monoisotopic (exact) mass is 741 g/mol. The molecule has 0 amide bonds. The molecule has 4 nitrogen and oxygen atoms in total. The minimum absolute atomic E-state index is 0.853. The molecule has 2 aromatic heterocycles. The Morgan fingerprint density at radius 3 is 1.66 bits per heavy atom. The molecule has 0 aliphatic carbocycles. The highest BCUT2D eigenvalue weighted by Gasteiger charge is 2.19. The first-order chi connectivity index (χ1) is 28.7. The molecule has 0 saturated carbocycles. The molecule has 0 unspecified atom stereocenters. The summed E-state index contributed by atoms with van der Waals surface area (Å²) in [5, 5.41) is 4.43. The number of furan rings is 1. The van der Waals surface area contributed by atoms with Crippen molar-refractivity contribution in [1.82, 2.24) is 9.97 Å². The van der Waals surface area contributed by atoms with Crippen LogP contribution in [0.1, 0.15) is 0 Å². The fourth-order valence-electron chi connectivity index (χ4n) is 8.25. The number of para-hydroxylation sites is 1. The second-order valence-electron chi connectivity index (χ2n) is 14.6. The lowest BCUT2D eigenvalue weighted by Gasteiger charge is -2.25. The van der Waals surface area contributed by atoms with E-state index in [1.807, 2.05) is 24.3 Å². The number of hydrogen-bond acceptors (Lipinski definition) is 4. The maximum absolute atomic E-state index is 6.54. The molecule has 9 aromatic carbocycles. The maximum Gasteiger partial charge on any atom is 0.137 e. The number of aromatic nitrogens is 2. The van der Waals surface area contributed by atoms with E-state index in [2.05, 4.69) is 193 Å². The molecule has 0 aliphatic heterocycles. The van der Waals surface area contributed by atoms with Gasteiger partial charge in [-0.05, 0) is 82.2 Å². The second kappa shape index (κ2) is 14.0. The summed E-state index contributed by atoms with van der Waals surface area (Å²) in [5.41, 5.74) is 15.0. The number of hydrogen-bond donors (Lipinski definition) is 0. The van der Waals surface area contributed by atoms with Gasteiger partial charge in [-0.25, -0.2) is 9.97 Å². The van der Waals surface area contributed by atoms with Crippen LogP contribution in [0.15, 0.2) is 217 Å². The molecule has 0 N–H and O–H groups in total. The summed E-state index contributed by atoms with van der Waals surface area (Å²) in [6, 6.07) is 74.3. The van der Waals surface area contributed by atoms with Crippen LogP contribution in [-0.2, 0) is 0 Å². The summed E-state index contributed by atoms with van der Waals surface area (Å²) in [5.74, 6) is 0. The van der Waals surface area contributed by atoms with E-state index in [1.54, 1.807) is 0 Å². The van der Waals surface area contributed by atoms with E-state index in [0.29, 0.717) is 0 Å². The Morgan fingerprint density at radius 2 is 0.948 bits per heavy atom. The van der Waals surface area contributed by atoms with Crippen molar-refractivity contribution < 1.29 is 4.42 Å². The molecular formula is C54H35N3O. The number of fused-ring (bicyclic) bond motifs is 6. The van der Waals surface area contributed by atoms with Gasteiger partial charge in [-0.1, -0.05) is 152 Å². The van der Waals surface area contributed by atoms with Crippen molar-refractivity contribution in [3.05, 3.63) is 212 Å². The summed E-state index contributed by atoms with van der Waals surface area (Å²) in [6.45, 7) is 0. The van der Waals surface area contributed by atoms with Crippen LogP contribution in [0.25, 0.3) is 88.5 Å². The van der Waals surface area contributed by atoms with Crippen LogP contribution in [-0.4, -0.2) is 9.97 Å². The van der Waals surface area contributed by atoms with Crippen molar-refractivity contribution in [2.75, 3.05) is 4.90 Å². The number of anilines is 3. The van der Waals surface area contributed by atoms with E-state index in [9.17, 15) is 0 Å². The molecule has 58 heavy (non-hydrogen) atoms. The Hall–Kier alpha value is -7.82. The van der Waals surface area contributed by atoms with Crippen molar-refractivity contribution >= 4 is 60.8 Å². The highest BCUT2D eigenvalue weighted by Crippen LogP contribution is 2.42. The minimum atomic E-state index is 0.853. The second-order valence-corrected chi connectivity index (χ2v) is 14.6. The van der Waals surface area contributed by atoms with E-state index >= 15 is 0 Å². The van der Waals surface area contributed by atoms with Gasteiger partial charge >= 0.3 is 0 Å². The van der Waals surface area contributed by atoms with Gasteiger partial charge in [0.25, 0.3) is 0 Å². The van der Waals surface area contributed by atoms with Gasteiger partial charge in [0.15, 0.2) is 0 Å². The average molecular weight is 742 g/mol. The summed E-state index contributed by atoms with van der Waals surface area (Å²) in [6.07, 6.45) is 0. The summed E-state index contributed by atoms with van der Waals surface area (Å²) >= 11 is 0. The number of benzene rings is 9. The van der Waals surface area contributed by atoms with Crippen LogP contribution < -0.4 is 4.90 Å². The lowest BCUT2D eigenvalue weighted by molar-refractivity contribution is 0.669. The molecule has 272 valence electrons. The Kier molecular flexibility index (Phi) is 8.11. The van der Waals surface area contributed by atoms with E-state index in [1.165, 1.54) is 11.1 Å². The van der Waals surface area contributed by atoms with Gasteiger partial charge in [0.1, 0.15) is 11.2 Å². The third kappa shape index (κ3) is 5.87. The molecule has 0 saturated heterocycles. The number of rotatable bonds is 7. The van der Waals surface area contributed by atoms with Gasteiger partial charge in [-0.2, -0.15) is 0 Å². The minimum Gasteiger partial charge on any atom is -0.456 e. The maximum atomic E-state index is 6.54. The van der Waals surface area contributed by atoms with Crippen molar-refractivity contribution in [1.29, 1.82) is 0 Å². The summed E-state index contributed by atoms with van der Waals surface area (Å²) in [7, 11) is 0. The Bertz CT molecular complexity index is 3250. The first kappa shape index (κ1) is 33.5. The van der Waals surface area contributed by atoms with Gasteiger partial charge in [0.2, 0.25) is 0 Å². The third-order valence-electron chi connectivity index (χ3n) is 11.0. The third-order valence-corrected chi connectivity index (χ3v) is 11.0. The molecule has 0 aliphatic rings. The van der Waals surface area contributed by atoms with Gasteiger partial charge < -0.3 is 9.32 Å². The highest BCUT2D eigenvalue weighted by atomic mass is 16.3. The molecule has 11 rings (SSSR count). The van der Waals surface area contributed by atoms with Gasteiger partial charge in [0.05, 0.1) is 22.4 Å². The Labute approximate surface area is 335 Å². The van der Waals surface area contributed by atoms with Gasteiger partial charge in [0, 0.05) is 50.4 Å². The molecule has 0 atom stereocenters. The number of nitrogens with zero attached hydrogens (tertiary/aromatic N) is 3. The highest BCUT2D eigenvalue weighted by molar-refractivity contribution is 6.13. The van der Waals surface area contributed by atoms with Crippen molar-refractivity contribution in [3.8, 4) is 44.8 Å².